The van der Waals surface area contributed by atoms with Crippen LogP contribution in [0.4, 0.5) is 5.69 Å². The molecule has 1 N–H and O–H groups in total. The van der Waals surface area contributed by atoms with Crippen LogP contribution in [-0.2, 0) is 13.2 Å². The third-order valence-corrected chi connectivity index (χ3v) is 3.11. The molecule has 0 aliphatic carbocycles. The third-order valence-electron chi connectivity index (χ3n) is 3.11. The monoisotopic (exact) mass is 241 g/mol. The minimum absolute atomic E-state index is 0.0778. The Balaban J connectivity index is 2.16. The van der Waals surface area contributed by atoms with Gasteiger partial charge in [-0.1, -0.05) is 48.0 Å². The van der Waals surface area contributed by atoms with Gasteiger partial charge in [-0.25, -0.2) is 0 Å². The van der Waals surface area contributed by atoms with Crippen LogP contribution in [0.15, 0.2) is 48.5 Å². The number of nitrogens with zero attached hydrogens (tertiary/aromatic N) is 1. The van der Waals surface area contributed by atoms with Gasteiger partial charge in [-0.05, 0) is 18.6 Å². The maximum atomic E-state index is 9.34. The summed E-state index contributed by atoms with van der Waals surface area (Å²) in [7, 11) is 2.05. The molecule has 0 amide bonds. The highest BCUT2D eigenvalue weighted by molar-refractivity contribution is 5.53. The Morgan fingerprint density at radius 3 is 2.33 bits per heavy atom. The second-order valence-electron chi connectivity index (χ2n) is 4.63. The van der Waals surface area contributed by atoms with Crippen LogP contribution in [0.2, 0.25) is 0 Å². The summed E-state index contributed by atoms with van der Waals surface area (Å²) < 4.78 is 0. The fourth-order valence-corrected chi connectivity index (χ4v) is 2.07. The molecule has 0 atom stereocenters. The summed E-state index contributed by atoms with van der Waals surface area (Å²) in [6, 6.07) is 16.5. The molecule has 0 radical (unpaired) electrons. The summed E-state index contributed by atoms with van der Waals surface area (Å²) in [5.74, 6) is 0. The second kappa shape index (κ2) is 5.69. The van der Waals surface area contributed by atoms with Gasteiger partial charge in [-0.2, -0.15) is 0 Å². The molecule has 0 spiro atoms. The summed E-state index contributed by atoms with van der Waals surface area (Å²) >= 11 is 0. The van der Waals surface area contributed by atoms with E-state index in [0.29, 0.717) is 0 Å². The molecule has 0 aromatic heterocycles. The molecule has 94 valence electrons. The topological polar surface area (TPSA) is 23.5 Å². The van der Waals surface area contributed by atoms with Crippen molar-refractivity contribution in [2.45, 2.75) is 20.1 Å². The van der Waals surface area contributed by atoms with Gasteiger partial charge in [-0.3, -0.25) is 0 Å². The Morgan fingerprint density at radius 1 is 1.00 bits per heavy atom. The number of hydrogen-bond acceptors (Lipinski definition) is 2. The first-order valence-corrected chi connectivity index (χ1v) is 6.16. The molecular formula is C16H19NO. The average molecular weight is 241 g/mol. The van der Waals surface area contributed by atoms with E-state index >= 15 is 0 Å². The van der Waals surface area contributed by atoms with Crippen LogP contribution in [0.3, 0.4) is 0 Å². The maximum Gasteiger partial charge on any atom is 0.0702 e. The van der Waals surface area contributed by atoms with Gasteiger partial charge in [0.05, 0.1) is 6.61 Å². The van der Waals surface area contributed by atoms with E-state index in [0.717, 1.165) is 17.8 Å². The molecule has 0 saturated carbocycles. The van der Waals surface area contributed by atoms with Crippen LogP contribution in [0.5, 0.6) is 0 Å². The summed E-state index contributed by atoms with van der Waals surface area (Å²) in [5.41, 5.74) is 4.60. The zero-order chi connectivity index (χ0) is 13.0. The number of anilines is 1. The number of aryl methyl sites for hydroxylation is 1. The van der Waals surface area contributed by atoms with Gasteiger partial charge in [0, 0.05) is 24.8 Å². The Bertz CT molecular complexity index is 505. The van der Waals surface area contributed by atoms with Crippen LogP contribution in [0, 0.1) is 6.92 Å². The van der Waals surface area contributed by atoms with Crippen LogP contribution < -0.4 is 4.90 Å². The first-order chi connectivity index (χ1) is 8.70. The quantitative estimate of drug-likeness (QED) is 0.889. The van der Waals surface area contributed by atoms with Crippen molar-refractivity contribution in [3.8, 4) is 0 Å². The highest BCUT2D eigenvalue weighted by Crippen LogP contribution is 2.21. The lowest BCUT2D eigenvalue weighted by molar-refractivity contribution is 0.282. The molecule has 0 aliphatic heterocycles. The minimum Gasteiger partial charge on any atom is -0.392 e. The van der Waals surface area contributed by atoms with Crippen LogP contribution in [0.1, 0.15) is 16.7 Å². The van der Waals surface area contributed by atoms with E-state index in [1.807, 2.05) is 31.3 Å². The second-order valence-corrected chi connectivity index (χ2v) is 4.63. The lowest BCUT2D eigenvalue weighted by Gasteiger charge is -2.22. The van der Waals surface area contributed by atoms with E-state index < -0.39 is 0 Å². The molecule has 18 heavy (non-hydrogen) atoms. The van der Waals surface area contributed by atoms with E-state index in [1.165, 1.54) is 11.1 Å². The lowest BCUT2D eigenvalue weighted by Crippen LogP contribution is -2.17. The SMILES string of the molecule is Cc1ccc(CN(C)c2ccccc2CO)cc1. The van der Waals surface area contributed by atoms with Crippen molar-refractivity contribution in [1.29, 1.82) is 0 Å². The van der Waals surface area contributed by atoms with Crippen molar-refractivity contribution in [3.05, 3.63) is 65.2 Å². The largest absolute Gasteiger partial charge is 0.392 e. The molecular weight excluding hydrogens is 222 g/mol. The molecule has 2 nitrogen and oxygen atoms in total. The predicted octanol–water partition coefficient (Wildman–Crippen LogP) is 3.12. The third kappa shape index (κ3) is 2.90. The molecule has 2 heteroatoms. The van der Waals surface area contributed by atoms with Crippen LogP contribution in [0.25, 0.3) is 0 Å². The summed E-state index contributed by atoms with van der Waals surface area (Å²) in [4.78, 5) is 2.16. The standard InChI is InChI=1S/C16H19NO/c1-13-7-9-14(10-8-13)11-17(2)16-6-4-3-5-15(16)12-18/h3-10,18H,11-12H2,1-2H3. The van der Waals surface area contributed by atoms with Gasteiger partial charge in [0.2, 0.25) is 0 Å². The molecule has 2 rings (SSSR count). The van der Waals surface area contributed by atoms with Crippen molar-refractivity contribution in [1.82, 2.24) is 0 Å². The highest BCUT2D eigenvalue weighted by atomic mass is 16.3. The number of hydrogen-bond donors (Lipinski definition) is 1. The Hall–Kier alpha value is -1.80. The Labute approximate surface area is 109 Å². The molecule has 2 aromatic rings. The number of para-hydroxylation sites is 1. The van der Waals surface area contributed by atoms with Gasteiger partial charge in [0.25, 0.3) is 0 Å². The fraction of sp³-hybridized carbons (Fsp3) is 0.250. The van der Waals surface area contributed by atoms with E-state index in [-0.39, 0.29) is 6.61 Å². The summed E-state index contributed by atoms with van der Waals surface area (Å²) in [6.45, 7) is 3.01. The zero-order valence-electron chi connectivity index (χ0n) is 10.9. The van der Waals surface area contributed by atoms with Crippen molar-refractivity contribution < 1.29 is 5.11 Å². The van der Waals surface area contributed by atoms with Crippen LogP contribution in [-0.4, -0.2) is 12.2 Å². The average Bonchev–Trinajstić information content (AvgIpc) is 2.41. The summed E-state index contributed by atoms with van der Waals surface area (Å²) in [6.07, 6.45) is 0. The molecule has 0 saturated heterocycles. The number of aliphatic hydroxyl groups excluding tert-OH is 1. The van der Waals surface area contributed by atoms with Gasteiger partial charge >= 0.3 is 0 Å². The summed E-state index contributed by atoms with van der Waals surface area (Å²) in [5, 5.41) is 9.34. The van der Waals surface area contributed by atoms with Gasteiger partial charge in [0.15, 0.2) is 0 Å². The van der Waals surface area contributed by atoms with Gasteiger partial charge in [0.1, 0.15) is 0 Å². The van der Waals surface area contributed by atoms with Crippen molar-refractivity contribution in [2.75, 3.05) is 11.9 Å². The van der Waals surface area contributed by atoms with Gasteiger partial charge < -0.3 is 10.0 Å². The fourth-order valence-electron chi connectivity index (χ4n) is 2.07. The minimum atomic E-state index is 0.0778. The number of benzene rings is 2. The smallest absolute Gasteiger partial charge is 0.0702 e. The first kappa shape index (κ1) is 12.7. The molecule has 0 unspecified atom stereocenters. The van der Waals surface area contributed by atoms with E-state index in [4.69, 9.17) is 0 Å². The zero-order valence-corrected chi connectivity index (χ0v) is 10.9. The molecule has 2 aromatic carbocycles. The molecule has 0 aliphatic rings. The van der Waals surface area contributed by atoms with E-state index in [9.17, 15) is 5.11 Å². The Kier molecular flexibility index (Phi) is 4.00. The highest BCUT2D eigenvalue weighted by Gasteiger charge is 2.06. The van der Waals surface area contributed by atoms with Crippen molar-refractivity contribution >= 4 is 5.69 Å². The first-order valence-electron chi connectivity index (χ1n) is 6.16. The van der Waals surface area contributed by atoms with Crippen molar-refractivity contribution in [2.24, 2.45) is 0 Å². The number of rotatable bonds is 4. The number of aliphatic hydroxyl groups is 1. The maximum absolute atomic E-state index is 9.34. The Morgan fingerprint density at radius 2 is 1.67 bits per heavy atom. The normalized spacial score (nSPS) is 10.4. The molecule has 0 fully saturated rings. The predicted molar refractivity (Wildman–Crippen MR) is 75.7 cm³/mol. The lowest BCUT2D eigenvalue weighted by atomic mass is 10.1. The van der Waals surface area contributed by atoms with Crippen molar-refractivity contribution in [3.63, 3.8) is 0 Å². The van der Waals surface area contributed by atoms with E-state index in [1.54, 1.807) is 0 Å². The molecule has 0 heterocycles. The van der Waals surface area contributed by atoms with E-state index in [2.05, 4.69) is 36.1 Å². The molecule has 0 bridgehead atoms. The van der Waals surface area contributed by atoms with Gasteiger partial charge in [-0.15, -0.1) is 0 Å². The van der Waals surface area contributed by atoms with Crippen LogP contribution >= 0.6 is 0 Å².